The Hall–Kier alpha value is -1.59. The third kappa shape index (κ3) is 5.84. The Labute approximate surface area is 141 Å². The van der Waals surface area contributed by atoms with Gasteiger partial charge in [-0.2, -0.15) is 0 Å². The Kier molecular flexibility index (Phi) is 6.86. The number of nitrogens with one attached hydrogen (secondary N) is 2. The van der Waals surface area contributed by atoms with Crippen LogP contribution in [0.25, 0.3) is 0 Å². The van der Waals surface area contributed by atoms with E-state index in [1.807, 2.05) is 12.1 Å². The number of hydrogen-bond acceptors (Lipinski definition) is 4. The van der Waals surface area contributed by atoms with Crippen LogP contribution in [0.2, 0.25) is 5.02 Å². The van der Waals surface area contributed by atoms with Crippen LogP contribution < -0.4 is 10.6 Å². The first-order chi connectivity index (χ1) is 11.1. The van der Waals surface area contributed by atoms with Crippen molar-refractivity contribution in [3.8, 4) is 0 Å². The molecule has 1 saturated heterocycles. The van der Waals surface area contributed by atoms with E-state index < -0.39 is 6.04 Å². The smallest absolute Gasteiger partial charge is 0.307 e. The third-order valence-corrected chi connectivity index (χ3v) is 4.40. The van der Waals surface area contributed by atoms with E-state index in [-0.39, 0.29) is 18.3 Å². The standard InChI is InChI=1S/C17H23ClN2O3/c1-23-17(22)10-15(13-3-5-14(18)6-4-13)20-16(21)7-2-12-8-9-19-11-12/h3-6,12,15,19H,2,7-11H2,1H3,(H,20,21)/t12?,15-/m0/s1. The average molecular weight is 339 g/mol. The minimum Gasteiger partial charge on any atom is -0.469 e. The number of methoxy groups -OCH3 is 1. The van der Waals surface area contributed by atoms with Crippen LogP contribution in [-0.4, -0.2) is 32.1 Å². The van der Waals surface area contributed by atoms with E-state index in [9.17, 15) is 9.59 Å². The van der Waals surface area contributed by atoms with Crippen LogP contribution in [0, 0.1) is 5.92 Å². The number of hydrogen-bond donors (Lipinski definition) is 2. The molecule has 0 radical (unpaired) electrons. The maximum atomic E-state index is 12.2. The van der Waals surface area contributed by atoms with Crippen molar-refractivity contribution in [3.05, 3.63) is 34.9 Å². The topological polar surface area (TPSA) is 67.4 Å². The molecule has 1 heterocycles. The molecule has 6 heteroatoms. The summed E-state index contributed by atoms with van der Waals surface area (Å²) in [4.78, 5) is 23.8. The summed E-state index contributed by atoms with van der Waals surface area (Å²) in [5.74, 6) is 0.168. The van der Waals surface area contributed by atoms with Gasteiger partial charge in [0.25, 0.3) is 0 Å². The molecular weight excluding hydrogens is 316 g/mol. The first kappa shape index (κ1) is 17.8. The Bertz CT molecular complexity index is 527. The van der Waals surface area contributed by atoms with Gasteiger partial charge in [-0.05, 0) is 49.5 Å². The molecule has 1 fully saturated rings. The van der Waals surface area contributed by atoms with Gasteiger partial charge in [-0.25, -0.2) is 0 Å². The van der Waals surface area contributed by atoms with Crippen molar-refractivity contribution in [3.63, 3.8) is 0 Å². The molecule has 0 aromatic heterocycles. The van der Waals surface area contributed by atoms with Crippen LogP contribution in [0.15, 0.2) is 24.3 Å². The number of ether oxygens (including phenoxy) is 1. The maximum absolute atomic E-state index is 12.2. The summed E-state index contributed by atoms with van der Waals surface area (Å²) in [5, 5.41) is 6.85. The van der Waals surface area contributed by atoms with Gasteiger partial charge < -0.3 is 15.4 Å². The lowest BCUT2D eigenvalue weighted by Crippen LogP contribution is -2.30. The number of benzene rings is 1. The van der Waals surface area contributed by atoms with Crippen molar-refractivity contribution < 1.29 is 14.3 Å². The summed E-state index contributed by atoms with van der Waals surface area (Å²) in [6, 6.07) is 6.73. The highest BCUT2D eigenvalue weighted by Crippen LogP contribution is 2.21. The van der Waals surface area contributed by atoms with Crippen molar-refractivity contribution in [2.75, 3.05) is 20.2 Å². The minimum absolute atomic E-state index is 0.0410. The molecule has 5 nitrogen and oxygen atoms in total. The van der Waals surface area contributed by atoms with E-state index in [2.05, 4.69) is 10.6 Å². The SMILES string of the molecule is COC(=O)C[C@H](NC(=O)CCC1CCNC1)c1ccc(Cl)cc1. The summed E-state index contributed by atoms with van der Waals surface area (Å²) in [7, 11) is 1.34. The van der Waals surface area contributed by atoms with E-state index in [0.717, 1.165) is 31.5 Å². The van der Waals surface area contributed by atoms with Crippen LogP contribution in [-0.2, 0) is 14.3 Å². The summed E-state index contributed by atoms with van der Waals surface area (Å²) in [6.07, 6.45) is 2.56. The highest BCUT2D eigenvalue weighted by molar-refractivity contribution is 6.30. The van der Waals surface area contributed by atoms with Crippen molar-refractivity contribution in [1.29, 1.82) is 0 Å². The van der Waals surface area contributed by atoms with Gasteiger partial charge in [0.1, 0.15) is 0 Å². The molecule has 0 saturated carbocycles. The summed E-state index contributed by atoms with van der Waals surface area (Å²) < 4.78 is 4.72. The zero-order valence-electron chi connectivity index (χ0n) is 13.3. The summed E-state index contributed by atoms with van der Waals surface area (Å²) in [6.45, 7) is 2.01. The number of carbonyl (C=O) groups excluding carboxylic acids is 2. The molecule has 1 unspecified atom stereocenters. The zero-order valence-corrected chi connectivity index (χ0v) is 14.1. The first-order valence-electron chi connectivity index (χ1n) is 7.91. The lowest BCUT2D eigenvalue weighted by molar-refractivity contribution is -0.141. The molecule has 0 bridgehead atoms. The van der Waals surface area contributed by atoms with Gasteiger partial charge in [-0.15, -0.1) is 0 Å². The van der Waals surface area contributed by atoms with E-state index in [1.165, 1.54) is 7.11 Å². The largest absolute Gasteiger partial charge is 0.469 e. The molecule has 2 N–H and O–H groups in total. The van der Waals surface area contributed by atoms with Gasteiger partial charge in [-0.3, -0.25) is 9.59 Å². The number of rotatable bonds is 7. The van der Waals surface area contributed by atoms with Gasteiger partial charge in [0.2, 0.25) is 5.91 Å². The van der Waals surface area contributed by atoms with Crippen molar-refractivity contribution in [1.82, 2.24) is 10.6 Å². The molecule has 1 aliphatic rings. The Morgan fingerprint density at radius 3 is 2.74 bits per heavy atom. The number of carbonyl (C=O) groups is 2. The van der Waals surface area contributed by atoms with Crippen LogP contribution in [0.3, 0.4) is 0 Å². The average Bonchev–Trinajstić information content (AvgIpc) is 3.06. The molecule has 0 aliphatic carbocycles. The highest BCUT2D eigenvalue weighted by atomic mass is 35.5. The Morgan fingerprint density at radius 2 is 2.13 bits per heavy atom. The third-order valence-electron chi connectivity index (χ3n) is 4.15. The van der Waals surface area contributed by atoms with Gasteiger partial charge in [0, 0.05) is 11.4 Å². The van der Waals surface area contributed by atoms with Crippen LogP contribution in [0.5, 0.6) is 0 Å². The predicted octanol–water partition coefficient (Wildman–Crippen LogP) is 2.45. The lowest BCUT2D eigenvalue weighted by Gasteiger charge is -2.19. The van der Waals surface area contributed by atoms with Gasteiger partial charge in [0.15, 0.2) is 0 Å². The van der Waals surface area contributed by atoms with Gasteiger partial charge in [0.05, 0.1) is 19.6 Å². The van der Waals surface area contributed by atoms with Crippen LogP contribution in [0.1, 0.15) is 37.3 Å². The van der Waals surface area contributed by atoms with E-state index in [4.69, 9.17) is 16.3 Å². The molecule has 2 atom stereocenters. The highest BCUT2D eigenvalue weighted by Gasteiger charge is 2.20. The number of amides is 1. The first-order valence-corrected chi connectivity index (χ1v) is 8.28. The normalized spacial score (nSPS) is 18.4. The second-order valence-corrected chi connectivity index (χ2v) is 6.29. The second-order valence-electron chi connectivity index (χ2n) is 5.85. The quantitative estimate of drug-likeness (QED) is 0.749. The molecule has 2 rings (SSSR count). The van der Waals surface area contributed by atoms with Gasteiger partial charge >= 0.3 is 5.97 Å². The second kappa shape index (κ2) is 8.89. The van der Waals surface area contributed by atoms with Crippen molar-refractivity contribution in [2.45, 2.75) is 31.7 Å². The van der Waals surface area contributed by atoms with Crippen molar-refractivity contribution in [2.24, 2.45) is 5.92 Å². The fourth-order valence-corrected chi connectivity index (χ4v) is 2.89. The van der Waals surface area contributed by atoms with Gasteiger partial charge in [-0.1, -0.05) is 23.7 Å². The monoisotopic (exact) mass is 338 g/mol. The molecular formula is C17H23ClN2O3. The van der Waals surface area contributed by atoms with E-state index in [1.54, 1.807) is 12.1 Å². The Morgan fingerprint density at radius 1 is 1.39 bits per heavy atom. The minimum atomic E-state index is -0.395. The summed E-state index contributed by atoms with van der Waals surface area (Å²) >= 11 is 5.89. The molecule has 1 aliphatic heterocycles. The predicted molar refractivity (Wildman–Crippen MR) is 89.2 cm³/mol. The van der Waals surface area contributed by atoms with E-state index >= 15 is 0 Å². The lowest BCUT2D eigenvalue weighted by atomic mass is 10.0. The van der Waals surface area contributed by atoms with Crippen LogP contribution in [0.4, 0.5) is 0 Å². The molecule has 126 valence electrons. The molecule has 1 amide bonds. The zero-order chi connectivity index (χ0) is 16.7. The Balaban J connectivity index is 1.94. The van der Waals surface area contributed by atoms with Crippen molar-refractivity contribution >= 4 is 23.5 Å². The number of halogens is 1. The van der Waals surface area contributed by atoms with Crippen LogP contribution >= 0.6 is 11.6 Å². The molecule has 1 aromatic carbocycles. The molecule has 23 heavy (non-hydrogen) atoms. The molecule has 0 spiro atoms. The van der Waals surface area contributed by atoms with E-state index in [0.29, 0.717) is 17.4 Å². The number of esters is 1. The fraction of sp³-hybridized carbons (Fsp3) is 0.529. The summed E-state index contributed by atoms with van der Waals surface area (Å²) in [5.41, 5.74) is 0.843. The fourth-order valence-electron chi connectivity index (χ4n) is 2.76. The molecule has 1 aromatic rings. The maximum Gasteiger partial charge on any atom is 0.307 e.